The van der Waals surface area contributed by atoms with Crippen molar-refractivity contribution in [3.05, 3.63) is 36.4 Å². The molecule has 0 amide bonds. The minimum Gasteiger partial charge on any atom is -0.508 e. The number of rotatable bonds is 2. The molecule has 6 nitrogen and oxygen atoms in total. The van der Waals surface area contributed by atoms with Crippen LogP contribution in [0.4, 0.5) is 5.69 Å². The summed E-state index contributed by atoms with van der Waals surface area (Å²) in [6, 6.07) is 5.02. The number of nitrogen functional groups attached to an aromatic ring is 1. The second kappa shape index (κ2) is 3.51. The van der Waals surface area contributed by atoms with Crippen LogP contribution in [0.5, 0.6) is 5.75 Å². The molecule has 86 valence electrons. The van der Waals surface area contributed by atoms with Crippen molar-refractivity contribution in [3.8, 4) is 5.75 Å². The van der Waals surface area contributed by atoms with Crippen LogP contribution in [0, 0.1) is 0 Å². The average molecular weight is 229 g/mol. The van der Waals surface area contributed by atoms with Gasteiger partial charge in [0.05, 0.1) is 29.5 Å². The Morgan fingerprint density at radius 3 is 3.06 bits per heavy atom. The Hall–Kier alpha value is -2.50. The summed E-state index contributed by atoms with van der Waals surface area (Å²) in [4.78, 5) is 7.51. The number of phenols is 1. The number of anilines is 1. The Bertz CT molecular complexity index is 669. The quantitative estimate of drug-likeness (QED) is 0.613. The van der Waals surface area contributed by atoms with Crippen LogP contribution in [0.25, 0.3) is 11.0 Å². The Morgan fingerprint density at radius 2 is 2.29 bits per heavy atom. The summed E-state index contributed by atoms with van der Waals surface area (Å²) in [5, 5.41) is 13.4. The fraction of sp³-hybridized carbons (Fsp3) is 0.0909. The number of aromatic amines is 1. The predicted octanol–water partition coefficient (Wildman–Crippen LogP) is 1.10. The van der Waals surface area contributed by atoms with Crippen LogP contribution < -0.4 is 5.73 Å². The van der Waals surface area contributed by atoms with Crippen molar-refractivity contribution in [2.45, 2.75) is 6.54 Å². The van der Waals surface area contributed by atoms with Crippen LogP contribution >= 0.6 is 0 Å². The van der Waals surface area contributed by atoms with Crippen LogP contribution in [0.3, 0.4) is 0 Å². The zero-order chi connectivity index (χ0) is 11.8. The number of H-pyrrole nitrogens is 1. The summed E-state index contributed by atoms with van der Waals surface area (Å²) >= 11 is 0. The zero-order valence-electron chi connectivity index (χ0n) is 8.96. The van der Waals surface area contributed by atoms with Crippen LogP contribution in [0.1, 0.15) is 5.82 Å². The van der Waals surface area contributed by atoms with Crippen molar-refractivity contribution in [2.75, 3.05) is 5.73 Å². The first-order valence-electron chi connectivity index (χ1n) is 5.16. The summed E-state index contributed by atoms with van der Waals surface area (Å²) < 4.78 is 1.70. The fourth-order valence-electron chi connectivity index (χ4n) is 1.74. The summed E-state index contributed by atoms with van der Waals surface area (Å²) in [5.74, 6) is 0.990. The molecule has 0 saturated heterocycles. The van der Waals surface area contributed by atoms with Crippen LogP contribution in [0.15, 0.2) is 30.6 Å². The molecule has 6 heteroatoms. The van der Waals surface area contributed by atoms with E-state index in [4.69, 9.17) is 5.73 Å². The number of nitrogens with one attached hydrogen (secondary N) is 1. The molecule has 2 aromatic heterocycles. The highest BCUT2D eigenvalue weighted by molar-refractivity contribution is 5.76. The molecule has 0 unspecified atom stereocenters. The average Bonchev–Trinajstić information content (AvgIpc) is 2.84. The van der Waals surface area contributed by atoms with Gasteiger partial charge in [-0.25, -0.2) is 4.98 Å². The summed E-state index contributed by atoms with van der Waals surface area (Å²) in [6.07, 6.45) is 3.33. The Labute approximate surface area is 96.7 Å². The van der Waals surface area contributed by atoms with Gasteiger partial charge in [0, 0.05) is 12.3 Å². The third-order valence-corrected chi connectivity index (χ3v) is 2.48. The Morgan fingerprint density at radius 1 is 1.41 bits per heavy atom. The van der Waals surface area contributed by atoms with Crippen molar-refractivity contribution in [1.82, 2.24) is 19.7 Å². The Kier molecular flexibility index (Phi) is 2.01. The number of nitrogens with zero attached hydrogens (tertiary/aromatic N) is 3. The van der Waals surface area contributed by atoms with Gasteiger partial charge >= 0.3 is 0 Å². The van der Waals surface area contributed by atoms with E-state index in [1.165, 1.54) is 0 Å². The van der Waals surface area contributed by atoms with Crippen molar-refractivity contribution < 1.29 is 5.11 Å². The molecule has 0 atom stereocenters. The van der Waals surface area contributed by atoms with Crippen LogP contribution in [0.2, 0.25) is 0 Å². The first-order valence-corrected chi connectivity index (χ1v) is 5.16. The molecule has 0 radical (unpaired) electrons. The monoisotopic (exact) mass is 229 g/mol. The third-order valence-electron chi connectivity index (χ3n) is 2.48. The molecule has 0 aliphatic carbocycles. The van der Waals surface area contributed by atoms with E-state index in [1.807, 2.05) is 0 Å². The van der Waals surface area contributed by atoms with Crippen LogP contribution in [-0.4, -0.2) is 24.9 Å². The number of fused-ring (bicyclic) bond motifs is 1. The molecule has 4 N–H and O–H groups in total. The van der Waals surface area contributed by atoms with E-state index in [1.54, 1.807) is 35.3 Å². The lowest BCUT2D eigenvalue weighted by atomic mass is 10.3. The molecule has 0 spiro atoms. The normalized spacial score (nSPS) is 11.1. The van der Waals surface area contributed by atoms with Gasteiger partial charge in [-0.1, -0.05) is 0 Å². The van der Waals surface area contributed by atoms with E-state index in [0.717, 1.165) is 16.9 Å². The highest BCUT2D eigenvalue weighted by Gasteiger charge is 2.04. The summed E-state index contributed by atoms with van der Waals surface area (Å²) in [5.41, 5.74) is 7.83. The molecule has 0 bridgehead atoms. The van der Waals surface area contributed by atoms with Gasteiger partial charge in [-0.3, -0.25) is 4.68 Å². The topological polar surface area (TPSA) is 92.8 Å². The first-order chi connectivity index (χ1) is 8.20. The number of nitrogens with two attached hydrogens (primary N) is 1. The van der Waals surface area contributed by atoms with E-state index in [0.29, 0.717) is 12.2 Å². The van der Waals surface area contributed by atoms with Gasteiger partial charge in [0.25, 0.3) is 0 Å². The molecule has 2 heterocycles. The lowest BCUT2D eigenvalue weighted by Gasteiger charge is -1.95. The first kappa shape index (κ1) is 9.71. The van der Waals surface area contributed by atoms with E-state index in [2.05, 4.69) is 15.1 Å². The van der Waals surface area contributed by atoms with Gasteiger partial charge in [-0.15, -0.1) is 0 Å². The lowest BCUT2D eigenvalue weighted by Crippen LogP contribution is -2.01. The molecular weight excluding hydrogens is 218 g/mol. The van der Waals surface area contributed by atoms with Gasteiger partial charge in [0.15, 0.2) is 0 Å². The summed E-state index contributed by atoms with van der Waals surface area (Å²) in [6.45, 7) is 0.520. The Balaban J connectivity index is 1.95. The maximum atomic E-state index is 9.35. The van der Waals surface area contributed by atoms with Gasteiger partial charge in [0.1, 0.15) is 11.6 Å². The molecule has 0 aliphatic heterocycles. The minimum atomic E-state index is 0.219. The fourth-order valence-corrected chi connectivity index (χ4v) is 1.74. The molecule has 0 aliphatic rings. The molecule has 1 aromatic carbocycles. The van der Waals surface area contributed by atoms with Crippen molar-refractivity contribution in [2.24, 2.45) is 0 Å². The minimum absolute atomic E-state index is 0.219. The SMILES string of the molecule is Nc1cnn(Cc2nc3ccc(O)cc3[nH]2)c1. The van der Waals surface area contributed by atoms with Gasteiger partial charge in [-0.2, -0.15) is 5.10 Å². The van der Waals surface area contributed by atoms with Gasteiger partial charge in [-0.05, 0) is 12.1 Å². The predicted molar refractivity (Wildman–Crippen MR) is 63.5 cm³/mol. The largest absolute Gasteiger partial charge is 0.508 e. The maximum absolute atomic E-state index is 9.35. The maximum Gasteiger partial charge on any atom is 0.129 e. The lowest BCUT2D eigenvalue weighted by molar-refractivity contribution is 0.476. The second-order valence-corrected chi connectivity index (χ2v) is 3.86. The molecule has 3 rings (SSSR count). The van der Waals surface area contributed by atoms with Crippen molar-refractivity contribution >= 4 is 16.7 Å². The van der Waals surface area contributed by atoms with E-state index < -0.39 is 0 Å². The van der Waals surface area contributed by atoms with Crippen LogP contribution in [-0.2, 0) is 6.54 Å². The molecule has 3 aromatic rings. The number of hydrogen-bond donors (Lipinski definition) is 3. The number of aromatic nitrogens is 4. The molecular formula is C11H11N5O. The number of hydrogen-bond acceptors (Lipinski definition) is 4. The molecule has 0 saturated carbocycles. The number of benzene rings is 1. The smallest absolute Gasteiger partial charge is 0.129 e. The molecule has 0 fully saturated rings. The number of phenolic OH excluding ortho intramolecular Hbond substituents is 1. The standard InChI is InChI=1S/C11H11N5O/c12-7-4-13-16(5-7)6-11-14-9-2-1-8(17)3-10(9)15-11/h1-5,17H,6,12H2,(H,14,15). The van der Waals surface area contributed by atoms with E-state index >= 15 is 0 Å². The number of imidazole rings is 1. The third kappa shape index (κ3) is 1.80. The second-order valence-electron chi connectivity index (χ2n) is 3.86. The van der Waals surface area contributed by atoms with Gasteiger partial charge < -0.3 is 15.8 Å². The number of aromatic hydroxyl groups is 1. The van der Waals surface area contributed by atoms with Crippen molar-refractivity contribution in [1.29, 1.82) is 0 Å². The highest BCUT2D eigenvalue weighted by atomic mass is 16.3. The van der Waals surface area contributed by atoms with Crippen molar-refractivity contribution in [3.63, 3.8) is 0 Å². The van der Waals surface area contributed by atoms with E-state index in [-0.39, 0.29) is 5.75 Å². The zero-order valence-corrected chi connectivity index (χ0v) is 8.96. The summed E-state index contributed by atoms with van der Waals surface area (Å²) in [7, 11) is 0. The highest BCUT2D eigenvalue weighted by Crippen LogP contribution is 2.17. The van der Waals surface area contributed by atoms with Gasteiger partial charge in [0.2, 0.25) is 0 Å². The van der Waals surface area contributed by atoms with E-state index in [9.17, 15) is 5.11 Å². The molecule has 17 heavy (non-hydrogen) atoms.